The van der Waals surface area contributed by atoms with Crippen LogP contribution in [0.3, 0.4) is 0 Å². The molecule has 0 amide bonds. The lowest BCUT2D eigenvalue weighted by Gasteiger charge is -2.30. The van der Waals surface area contributed by atoms with Gasteiger partial charge in [0.15, 0.2) is 0 Å². The minimum absolute atomic E-state index is 0.0969. The van der Waals surface area contributed by atoms with Gasteiger partial charge in [-0.15, -0.1) is 0 Å². The topological polar surface area (TPSA) is 3.24 Å². The highest BCUT2D eigenvalue weighted by atomic mass is 15.1. The molecular weight excluding hydrogens is 603 g/mol. The average molecular weight is 640 g/mol. The highest BCUT2D eigenvalue weighted by molar-refractivity contribution is 6.04. The van der Waals surface area contributed by atoms with Gasteiger partial charge >= 0.3 is 0 Å². The third kappa shape index (κ3) is 4.94. The molecule has 1 aliphatic rings. The van der Waals surface area contributed by atoms with Crippen molar-refractivity contribution in [2.75, 3.05) is 4.90 Å². The molecule has 1 nitrogen and oxygen atoms in total. The van der Waals surface area contributed by atoms with E-state index in [4.69, 9.17) is 0 Å². The Labute approximate surface area is 294 Å². The fraction of sp³-hybridized carbons (Fsp3) is 0.0612. The van der Waals surface area contributed by atoms with E-state index >= 15 is 0 Å². The molecule has 238 valence electrons. The number of hydrogen-bond donors (Lipinski definition) is 0. The first kappa shape index (κ1) is 29.9. The molecule has 0 N–H and O–H groups in total. The number of para-hydroxylation sites is 1. The molecule has 0 heterocycles. The third-order valence-corrected chi connectivity index (χ3v) is 10.5. The monoisotopic (exact) mass is 639 g/mol. The highest BCUT2D eigenvalue weighted by Gasteiger charge is 2.35. The molecule has 0 unspecified atom stereocenters. The van der Waals surface area contributed by atoms with Crippen molar-refractivity contribution in [3.63, 3.8) is 0 Å². The van der Waals surface area contributed by atoms with E-state index in [1.54, 1.807) is 0 Å². The van der Waals surface area contributed by atoms with Crippen LogP contribution in [0.1, 0.15) is 25.0 Å². The Balaban J connectivity index is 1.22. The zero-order valence-electron chi connectivity index (χ0n) is 28.3. The lowest BCUT2D eigenvalue weighted by Crippen LogP contribution is -2.16. The Bertz CT molecular complexity index is 2490. The van der Waals surface area contributed by atoms with Crippen LogP contribution in [0.2, 0.25) is 0 Å². The van der Waals surface area contributed by atoms with Gasteiger partial charge in [-0.2, -0.15) is 0 Å². The molecule has 1 aliphatic carbocycles. The number of rotatable bonds is 6. The smallest absolute Gasteiger partial charge is 0.0540 e. The Hall–Kier alpha value is -6.18. The Kier molecular flexibility index (Phi) is 7.21. The van der Waals surface area contributed by atoms with Gasteiger partial charge in [0.25, 0.3) is 0 Å². The second-order valence-electron chi connectivity index (χ2n) is 13.7. The summed E-state index contributed by atoms with van der Waals surface area (Å²) in [6.45, 7) is 4.71. The van der Waals surface area contributed by atoms with Crippen molar-refractivity contribution in [3.8, 4) is 44.5 Å². The van der Waals surface area contributed by atoms with Gasteiger partial charge in [-0.25, -0.2) is 0 Å². The second kappa shape index (κ2) is 12.1. The molecule has 1 heteroatoms. The van der Waals surface area contributed by atoms with Crippen molar-refractivity contribution in [2.45, 2.75) is 19.3 Å². The van der Waals surface area contributed by atoms with Crippen molar-refractivity contribution in [3.05, 3.63) is 199 Å². The predicted octanol–water partition coefficient (Wildman–Crippen LogP) is 13.6. The lowest BCUT2D eigenvalue weighted by atomic mass is 9.82. The third-order valence-electron chi connectivity index (χ3n) is 10.5. The molecule has 50 heavy (non-hydrogen) atoms. The van der Waals surface area contributed by atoms with Gasteiger partial charge in [0, 0.05) is 22.4 Å². The van der Waals surface area contributed by atoms with Crippen LogP contribution in [0.5, 0.6) is 0 Å². The standard InChI is InChI=1S/C49H37N/c1-49(2)45-23-13-11-22-43(45)44-32-30-39(33-46(44)49)50(47-24-14-12-20-40(47)34-15-5-3-6-16-34)38-28-25-36(26-29-38)42-31-27-35-17-9-10-21-41(35)48(42)37-18-7-4-8-19-37/h3-33H,1-2H3. The van der Waals surface area contributed by atoms with Crippen molar-refractivity contribution in [2.24, 2.45) is 0 Å². The molecule has 0 aromatic heterocycles. The van der Waals surface area contributed by atoms with E-state index in [2.05, 4.69) is 207 Å². The quantitative estimate of drug-likeness (QED) is 0.175. The highest BCUT2D eigenvalue weighted by Crippen LogP contribution is 2.51. The summed E-state index contributed by atoms with van der Waals surface area (Å²) in [5, 5.41) is 2.51. The number of fused-ring (bicyclic) bond motifs is 4. The van der Waals surface area contributed by atoms with Crippen molar-refractivity contribution in [1.29, 1.82) is 0 Å². The van der Waals surface area contributed by atoms with Gasteiger partial charge < -0.3 is 4.90 Å². The summed E-state index contributed by atoms with van der Waals surface area (Å²) in [6.07, 6.45) is 0. The van der Waals surface area contributed by atoms with Crippen molar-refractivity contribution >= 4 is 27.8 Å². The Morgan fingerprint density at radius 1 is 0.380 bits per heavy atom. The number of benzene rings is 8. The fourth-order valence-electron chi connectivity index (χ4n) is 8.01. The maximum atomic E-state index is 2.43. The van der Waals surface area contributed by atoms with Crippen LogP contribution >= 0.6 is 0 Å². The summed E-state index contributed by atoms with van der Waals surface area (Å²) in [4.78, 5) is 2.43. The van der Waals surface area contributed by atoms with Crippen LogP contribution in [0, 0.1) is 0 Å². The van der Waals surface area contributed by atoms with Crippen LogP contribution < -0.4 is 4.90 Å². The number of hydrogen-bond acceptors (Lipinski definition) is 1. The van der Waals surface area contributed by atoms with Crippen molar-refractivity contribution < 1.29 is 0 Å². The molecule has 0 spiro atoms. The zero-order valence-corrected chi connectivity index (χ0v) is 28.3. The predicted molar refractivity (Wildman–Crippen MR) is 213 cm³/mol. The van der Waals surface area contributed by atoms with Crippen LogP contribution in [0.25, 0.3) is 55.3 Å². The van der Waals surface area contributed by atoms with Gasteiger partial charge in [-0.05, 0) is 91.2 Å². The first-order valence-electron chi connectivity index (χ1n) is 17.4. The fourth-order valence-corrected chi connectivity index (χ4v) is 8.01. The Morgan fingerprint density at radius 2 is 0.940 bits per heavy atom. The first-order chi connectivity index (χ1) is 24.6. The molecule has 8 aromatic rings. The number of nitrogens with zero attached hydrogens (tertiary/aromatic N) is 1. The van der Waals surface area contributed by atoms with Crippen molar-refractivity contribution in [1.82, 2.24) is 0 Å². The molecular formula is C49H37N. The largest absolute Gasteiger partial charge is 0.310 e. The van der Waals surface area contributed by atoms with Crippen LogP contribution in [-0.4, -0.2) is 0 Å². The van der Waals surface area contributed by atoms with Crippen LogP contribution in [0.4, 0.5) is 17.1 Å². The van der Waals surface area contributed by atoms with Crippen LogP contribution in [0.15, 0.2) is 188 Å². The van der Waals surface area contributed by atoms with E-state index in [-0.39, 0.29) is 5.41 Å². The molecule has 0 aliphatic heterocycles. The molecule has 8 aromatic carbocycles. The van der Waals surface area contributed by atoms with Gasteiger partial charge in [-0.1, -0.05) is 172 Å². The van der Waals surface area contributed by atoms with E-state index in [0.717, 1.165) is 17.1 Å². The summed E-state index contributed by atoms with van der Waals surface area (Å²) in [5.41, 5.74) is 16.0. The van der Waals surface area contributed by atoms with Gasteiger partial charge in [0.2, 0.25) is 0 Å². The van der Waals surface area contributed by atoms with E-state index in [0.29, 0.717) is 0 Å². The average Bonchev–Trinajstić information content (AvgIpc) is 3.41. The zero-order chi connectivity index (χ0) is 33.7. The summed E-state index contributed by atoms with van der Waals surface area (Å²) < 4.78 is 0. The molecule has 0 bridgehead atoms. The molecule has 9 rings (SSSR count). The molecule has 0 saturated heterocycles. The summed E-state index contributed by atoms with van der Waals surface area (Å²) in [5.74, 6) is 0. The first-order valence-corrected chi connectivity index (χ1v) is 17.4. The molecule has 0 fully saturated rings. The Morgan fingerprint density at radius 3 is 1.72 bits per heavy atom. The molecule has 0 atom stereocenters. The van der Waals surface area contributed by atoms with Crippen LogP contribution in [-0.2, 0) is 5.41 Å². The molecule has 0 saturated carbocycles. The van der Waals surface area contributed by atoms with Gasteiger partial charge in [0.05, 0.1) is 5.69 Å². The van der Waals surface area contributed by atoms with E-state index < -0.39 is 0 Å². The maximum absolute atomic E-state index is 2.43. The van der Waals surface area contributed by atoms with E-state index in [1.165, 1.54) is 66.4 Å². The summed E-state index contributed by atoms with van der Waals surface area (Å²) in [6, 6.07) is 68.6. The summed E-state index contributed by atoms with van der Waals surface area (Å²) in [7, 11) is 0. The minimum Gasteiger partial charge on any atom is -0.310 e. The van der Waals surface area contributed by atoms with Gasteiger partial charge in [-0.3, -0.25) is 0 Å². The summed E-state index contributed by atoms with van der Waals surface area (Å²) >= 11 is 0. The van der Waals surface area contributed by atoms with E-state index in [9.17, 15) is 0 Å². The van der Waals surface area contributed by atoms with Gasteiger partial charge in [0.1, 0.15) is 0 Å². The number of anilines is 3. The second-order valence-corrected chi connectivity index (χ2v) is 13.7. The normalized spacial score (nSPS) is 12.8. The maximum Gasteiger partial charge on any atom is 0.0540 e. The SMILES string of the molecule is CC1(C)c2ccccc2-c2ccc(N(c3ccc(-c4ccc5ccccc5c4-c4ccccc4)cc3)c3ccccc3-c3ccccc3)cc21. The molecule has 0 radical (unpaired) electrons. The minimum atomic E-state index is -0.0969. The van der Waals surface area contributed by atoms with E-state index in [1.807, 2.05) is 0 Å². The lowest BCUT2D eigenvalue weighted by molar-refractivity contribution is 0.660.